The number of rotatable bonds is 9. The molecule has 3 aromatic rings. The number of hydrogen-bond donors (Lipinski definition) is 1. The summed E-state index contributed by atoms with van der Waals surface area (Å²) in [6.45, 7) is 4.69. The summed E-state index contributed by atoms with van der Waals surface area (Å²) in [6, 6.07) is 21.7. The third kappa shape index (κ3) is 5.92. The minimum Gasteiger partial charge on any atom is -0.489 e. The van der Waals surface area contributed by atoms with Crippen LogP contribution in [-0.2, 0) is 6.61 Å². The summed E-state index contributed by atoms with van der Waals surface area (Å²) in [5.41, 5.74) is 5.33. The Hall–Kier alpha value is -3.14. The zero-order valence-electron chi connectivity index (χ0n) is 17.2. The summed E-state index contributed by atoms with van der Waals surface area (Å²) in [5, 5.41) is 6.64. The molecule has 3 aromatic carbocycles. The van der Waals surface area contributed by atoms with Gasteiger partial charge in [-0.05, 0) is 53.4 Å². The van der Waals surface area contributed by atoms with E-state index in [1.165, 1.54) is 5.39 Å². The second-order valence-corrected chi connectivity index (χ2v) is 7.11. The van der Waals surface area contributed by atoms with Crippen molar-refractivity contribution in [1.29, 1.82) is 0 Å². The van der Waals surface area contributed by atoms with E-state index in [0.717, 1.165) is 48.1 Å². The van der Waals surface area contributed by atoms with Crippen LogP contribution >= 0.6 is 0 Å². The van der Waals surface area contributed by atoms with Crippen LogP contribution in [0.25, 0.3) is 10.8 Å². The van der Waals surface area contributed by atoms with E-state index in [-0.39, 0.29) is 5.91 Å². The number of nitrogens with one attached hydrogen (secondary N) is 1. The quantitative estimate of drug-likeness (QED) is 0.355. The van der Waals surface area contributed by atoms with E-state index in [9.17, 15) is 4.79 Å². The molecular weight excluding hydrogens is 360 g/mol. The number of nitrogens with zero attached hydrogens (tertiary/aromatic N) is 1. The van der Waals surface area contributed by atoms with E-state index in [4.69, 9.17) is 4.74 Å². The second kappa shape index (κ2) is 10.4. The highest BCUT2D eigenvalue weighted by molar-refractivity contribution is 5.95. The number of hydrazone groups is 1. The summed E-state index contributed by atoms with van der Waals surface area (Å²) < 4.78 is 5.91. The molecule has 0 aromatic heterocycles. The van der Waals surface area contributed by atoms with Gasteiger partial charge < -0.3 is 4.74 Å². The van der Waals surface area contributed by atoms with Crippen LogP contribution < -0.4 is 10.2 Å². The van der Waals surface area contributed by atoms with Crippen molar-refractivity contribution < 1.29 is 9.53 Å². The predicted molar refractivity (Wildman–Crippen MR) is 119 cm³/mol. The van der Waals surface area contributed by atoms with Gasteiger partial charge in [0, 0.05) is 11.3 Å². The van der Waals surface area contributed by atoms with E-state index in [1.807, 2.05) is 48.5 Å². The summed E-state index contributed by atoms with van der Waals surface area (Å²) in [5.74, 6) is 0.649. The first-order valence-corrected chi connectivity index (χ1v) is 10.3. The molecule has 0 aliphatic rings. The Morgan fingerprint density at radius 1 is 0.897 bits per heavy atom. The Bertz CT molecular complexity index is 970. The Morgan fingerprint density at radius 3 is 2.28 bits per heavy atom. The SMILES string of the molecule is CCCC(CCC)=NNC(=O)c1ccc(COc2ccc3ccccc3c2)cc1. The van der Waals surface area contributed by atoms with Crippen molar-refractivity contribution in [3.05, 3.63) is 77.9 Å². The molecule has 0 aliphatic heterocycles. The highest BCUT2D eigenvalue weighted by Gasteiger charge is 2.06. The lowest BCUT2D eigenvalue weighted by Crippen LogP contribution is -2.19. The number of amides is 1. The van der Waals surface area contributed by atoms with Gasteiger partial charge in [0.05, 0.1) is 0 Å². The molecular formula is C25H28N2O2. The van der Waals surface area contributed by atoms with Crippen molar-refractivity contribution in [1.82, 2.24) is 5.43 Å². The highest BCUT2D eigenvalue weighted by atomic mass is 16.5. The van der Waals surface area contributed by atoms with Crippen LogP contribution in [0.1, 0.15) is 55.5 Å². The second-order valence-electron chi connectivity index (χ2n) is 7.11. The number of benzene rings is 3. The zero-order chi connectivity index (χ0) is 20.5. The maximum atomic E-state index is 12.3. The van der Waals surface area contributed by atoms with Crippen molar-refractivity contribution in [2.24, 2.45) is 5.10 Å². The average Bonchev–Trinajstić information content (AvgIpc) is 2.76. The van der Waals surface area contributed by atoms with Gasteiger partial charge in [-0.1, -0.05) is 69.2 Å². The lowest BCUT2D eigenvalue weighted by atomic mass is 10.1. The first-order valence-electron chi connectivity index (χ1n) is 10.3. The summed E-state index contributed by atoms with van der Waals surface area (Å²) >= 11 is 0. The molecule has 0 radical (unpaired) electrons. The Kier molecular flexibility index (Phi) is 7.40. The van der Waals surface area contributed by atoms with Crippen molar-refractivity contribution in [3.8, 4) is 5.75 Å². The van der Waals surface area contributed by atoms with E-state index in [0.29, 0.717) is 12.2 Å². The van der Waals surface area contributed by atoms with Crippen molar-refractivity contribution in [3.63, 3.8) is 0 Å². The van der Waals surface area contributed by atoms with Gasteiger partial charge >= 0.3 is 0 Å². The van der Waals surface area contributed by atoms with Crippen LogP contribution in [0, 0.1) is 0 Å². The van der Waals surface area contributed by atoms with Gasteiger partial charge in [0.25, 0.3) is 5.91 Å². The molecule has 29 heavy (non-hydrogen) atoms. The number of ether oxygens (including phenoxy) is 1. The fourth-order valence-electron chi connectivity index (χ4n) is 3.18. The molecule has 0 heterocycles. The molecule has 0 saturated heterocycles. The molecule has 0 saturated carbocycles. The highest BCUT2D eigenvalue weighted by Crippen LogP contribution is 2.21. The minimum absolute atomic E-state index is 0.184. The van der Waals surface area contributed by atoms with Crippen LogP contribution in [0.2, 0.25) is 0 Å². The minimum atomic E-state index is -0.184. The number of fused-ring (bicyclic) bond motifs is 1. The number of carbonyl (C=O) groups excluding carboxylic acids is 1. The van der Waals surface area contributed by atoms with Gasteiger partial charge in [-0.3, -0.25) is 4.79 Å². The van der Waals surface area contributed by atoms with Gasteiger partial charge in [0.15, 0.2) is 0 Å². The summed E-state index contributed by atoms with van der Waals surface area (Å²) in [7, 11) is 0. The molecule has 0 bridgehead atoms. The lowest BCUT2D eigenvalue weighted by molar-refractivity contribution is 0.0954. The summed E-state index contributed by atoms with van der Waals surface area (Å²) in [6.07, 6.45) is 3.89. The average molecular weight is 389 g/mol. The smallest absolute Gasteiger partial charge is 0.271 e. The third-order valence-corrected chi connectivity index (χ3v) is 4.74. The molecule has 150 valence electrons. The maximum Gasteiger partial charge on any atom is 0.271 e. The molecule has 0 unspecified atom stereocenters. The molecule has 0 aliphatic carbocycles. The Balaban J connectivity index is 1.57. The topological polar surface area (TPSA) is 50.7 Å². The Morgan fingerprint density at radius 2 is 1.59 bits per heavy atom. The first kappa shape index (κ1) is 20.6. The van der Waals surface area contributed by atoms with Gasteiger partial charge in [-0.2, -0.15) is 5.10 Å². The largest absolute Gasteiger partial charge is 0.489 e. The molecule has 1 amide bonds. The van der Waals surface area contributed by atoms with Gasteiger partial charge in [0.1, 0.15) is 12.4 Å². The van der Waals surface area contributed by atoms with E-state index in [1.54, 1.807) is 0 Å². The molecule has 0 spiro atoms. The van der Waals surface area contributed by atoms with E-state index < -0.39 is 0 Å². The van der Waals surface area contributed by atoms with Crippen molar-refractivity contribution >= 4 is 22.4 Å². The van der Waals surface area contributed by atoms with Crippen LogP contribution in [-0.4, -0.2) is 11.6 Å². The monoisotopic (exact) mass is 388 g/mol. The zero-order valence-corrected chi connectivity index (χ0v) is 17.2. The number of carbonyl (C=O) groups is 1. The summed E-state index contributed by atoms with van der Waals surface area (Å²) in [4.78, 5) is 12.3. The van der Waals surface area contributed by atoms with Crippen molar-refractivity contribution in [2.45, 2.75) is 46.1 Å². The van der Waals surface area contributed by atoms with Crippen LogP contribution in [0.3, 0.4) is 0 Å². The molecule has 1 N–H and O–H groups in total. The predicted octanol–water partition coefficient (Wildman–Crippen LogP) is 6.10. The molecule has 3 rings (SSSR count). The van der Waals surface area contributed by atoms with Crippen LogP contribution in [0.5, 0.6) is 5.75 Å². The fraction of sp³-hybridized carbons (Fsp3) is 0.280. The molecule has 0 atom stereocenters. The van der Waals surface area contributed by atoms with Crippen molar-refractivity contribution in [2.75, 3.05) is 0 Å². The first-order chi connectivity index (χ1) is 14.2. The van der Waals surface area contributed by atoms with Gasteiger partial charge in [0.2, 0.25) is 0 Å². The standard InChI is InChI=1S/C25H28N2O2/c1-3-7-23(8-4-2)26-27-25(28)21-13-11-19(12-14-21)18-29-24-16-15-20-9-5-6-10-22(20)17-24/h5-6,9-17H,3-4,7-8,18H2,1-2H3,(H,27,28). The normalized spacial score (nSPS) is 10.6. The maximum absolute atomic E-state index is 12.3. The Labute approximate surface area is 172 Å². The molecule has 4 heteroatoms. The number of hydrogen-bond acceptors (Lipinski definition) is 3. The van der Waals surface area contributed by atoms with Crippen LogP contribution in [0.4, 0.5) is 0 Å². The van der Waals surface area contributed by atoms with Crippen LogP contribution in [0.15, 0.2) is 71.8 Å². The van der Waals surface area contributed by atoms with Gasteiger partial charge in [-0.15, -0.1) is 0 Å². The lowest BCUT2D eigenvalue weighted by Gasteiger charge is -2.08. The fourth-order valence-corrected chi connectivity index (χ4v) is 3.18. The van der Waals surface area contributed by atoms with Gasteiger partial charge in [-0.25, -0.2) is 5.43 Å². The van der Waals surface area contributed by atoms with E-state index in [2.05, 4.69) is 42.6 Å². The van der Waals surface area contributed by atoms with E-state index >= 15 is 0 Å². The third-order valence-electron chi connectivity index (χ3n) is 4.74. The molecule has 4 nitrogen and oxygen atoms in total. The molecule has 0 fully saturated rings.